The summed E-state index contributed by atoms with van der Waals surface area (Å²) in [7, 11) is -2.14. The molecule has 6 rings (SSSR count). The molecule has 0 aromatic heterocycles. The zero-order valence-corrected chi connectivity index (χ0v) is 32.0. The minimum Gasteiger partial charge on any atom is -0.207 e. The smallest absolute Gasteiger partial charge is 0.200 e. The fraction of sp³-hybridized carbons (Fsp3) is 0.0732. The van der Waals surface area contributed by atoms with Gasteiger partial charge in [0.15, 0.2) is 85.0 Å². The summed E-state index contributed by atoms with van der Waals surface area (Å²) in [4.78, 5) is 0. The van der Waals surface area contributed by atoms with Crippen LogP contribution in [0.25, 0.3) is 0 Å². The number of hydrogen-bond donors (Lipinski definition) is 0. The Morgan fingerprint density at radius 1 is 0.375 bits per heavy atom. The molecule has 0 bridgehead atoms. The lowest BCUT2D eigenvalue weighted by molar-refractivity contribution is 0.378. The van der Waals surface area contributed by atoms with Gasteiger partial charge in [-0.25, -0.2) is 87.8 Å². The van der Waals surface area contributed by atoms with Gasteiger partial charge >= 0.3 is 0 Å². The van der Waals surface area contributed by atoms with Crippen LogP contribution in [0.5, 0.6) is 0 Å². The highest BCUT2D eigenvalue weighted by molar-refractivity contribution is 8.06. The maximum absolute atomic E-state index is 15.4. The van der Waals surface area contributed by atoms with E-state index in [0.29, 0.717) is 11.5 Å². The van der Waals surface area contributed by atoms with Crippen molar-refractivity contribution in [3.8, 4) is 11.2 Å². The van der Waals surface area contributed by atoms with E-state index in [4.69, 9.17) is 0 Å². The van der Waals surface area contributed by atoms with E-state index in [-0.39, 0.29) is 0 Å². The van der Waals surface area contributed by atoms with E-state index in [1.807, 2.05) is 67.6 Å². The molecule has 0 heterocycles. The summed E-state index contributed by atoms with van der Waals surface area (Å²) in [6.07, 6.45) is -7.22. The number of rotatable bonds is 7. The van der Waals surface area contributed by atoms with Crippen molar-refractivity contribution in [3.63, 3.8) is 0 Å². The summed E-state index contributed by atoms with van der Waals surface area (Å²) < 4.78 is 307. The Morgan fingerprint density at radius 2 is 0.609 bits per heavy atom. The molecule has 336 valence electrons. The first-order chi connectivity index (χ1) is 29.9. The van der Waals surface area contributed by atoms with Gasteiger partial charge in [-0.05, 0) is 25.0 Å². The summed E-state index contributed by atoms with van der Waals surface area (Å²) in [5.41, 5.74) is -12.3. The van der Waals surface area contributed by atoms with Gasteiger partial charge < -0.3 is 0 Å². The van der Waals surface area contributed by atoms with E-state index in [0.717, 1.165) is 11.1 Å². The molecule has 0 aliphatic rings. The molecule has 0 aliphatic carbocycles. The van der Waals surface area contributed by atoms with Crippen LogP contribution >= 0.6 is 0 Å². The van der Waals surface area contributed by atoms with Crippen molar-refractivity contribution in [2.45, 2.75) is 12.7 Å². The second-order valence-corrected chi connectivity index (χ2v) is 15.8. The van der Waals surface area contributed by atoms with E-state index in [2.05, 4.69) is 11.2 Å². The lowest BCUT2D eigenvalue weighted by Gasteiger charge is -2.44. The van der Waals surface area contributed by atoms with Gasteiger partial charge in [0.2, 0.25) is 0 Å². The van der Waals surface area contributed by atoms with Crippen molar-refractivity contribution >= 4 is 37.9 Å². The second kappa shape index (κ2) is 18.4. The van der Waals surface area contributed by atoms with Crippen molar-refractivity contribution in [3.05, 3.63) is 188 Å². The minimum atomic E-state index is -7.22. The maximum atomic E-state index is 15.4. The Morgan fingerprint density at radius 3 is 0.859 bits per heavy atom. The van der Waals surface area contributed by atoms with Crippen LogP contribution in [0, 0.1) is 128 Å². The van der Waals surface area contributed by atoms with Crippen LogP contribution in [0.4, 0.5) is 87.8 Å². The topological polar surface area (TPSA) is 17.1 Å². The minimum absolute atomic E-state index is 0.532. The molecule has 0 fully saturated rings. The summed E-state index contributed by atoms with van der Waals surface area (Å²) >= 11 is 0. The van der Waals surface area contributed by atoms with Crippen molar-refractivity contribution in [2.24, 2.45) is 0 Å². The van der Waals surface area contributed by atoms with Crippen LogP contribution in [0.2, 0.25) is 0 Å². The molecule has 0 aliphatic heterocycles. The van der Waals surface area contributed by atoms with Crippen LogP contribution < -0.4 is 21.9 Å². The van der Waals surface area contributed by atoms with Crippen LogP contribution in [-0.4, -0.2) is 11.9 Å². The van der Waals surface area contributed by atoms with Crippen molar-refractivity contribution in [1.82, 2.24) is 0 Å². The van der Waals surface area contributed by atoms with Gasteiger partial charge in [-0.1, -0.05) is 52.7 Å². The first-order valence-electron chi connectivity index (χ1n) is 17.3. The Balaban J connectivity index is 0.000000337. The van der Waals surface area contributed by atoms with E-state index in [1.54, 1.807) is 0 Å². The molecule has 23 heteroatoms. The van der Waals surface area contributed by atoms with E-state index in [1.165, 1.54) is 0 Å². The van der Waals surface area contributed by atoms with Crippen LogP contribution in [-0.2, 0) is 19.9 Å². The largest absolute Gasteiger partial charge is 0.207 e. The summed E-state index contributed by atoms with van der Waals surface area (Å²) in [6, 6.07) is 19.6. The van der Waals surface area contributed by atoms with E-state index < -0.39 is 154 Å². The number of hydrogen-bond acceptors (Lipinski definition) is 1. The highest BCUT2D eigenvalue weighted by atomic mass is 32.2. The third kappa shape index (κ3) is 8.07. The molecule has 6 aromatic rings. The molecule has 1 unspecified atom stereocenters. The molecule has 1 nitrogen and oxygen atoms in total. The predicted octanol–water partition coefficient (Wildman–Crippen LogP) is 9.56. The average Bonchev–Trinajstić information content (AvgIpc) is 3.29. The molecular weight excluding hydrogens is 931 g/mol. The lowest BCUT2D eigenvalue weighted by Crippen LogP contribution is -2.81. The molecule has 1 atom stereocenters. The lowest BCUT2D eigenvalue weighted by atomic mass is 9.12. The molecule has 0 radical (unpaired) electrons. The summed E-state index contributed by atoms with van der Waals surface area (Å²) in [5.74, 6) is -67.3. The van der Waals surface area contributed by atoms with Gasteiger partial charge in [0, 0.05) is 11.1 Å². The highest BCUT2D eigenvalue weighted by Crippen LogP contribution is 2.31. The number of benzene rings is 6. The molecule has 64 heavy (non-hydrogen) atoms. The Hall–Kier alpha value is -6.31. The SMILES string of the molecule is CC[S+](=O)(C#Cc1ccccc1)Cc1ccccc1.Fc1c(F)c(F)c([B-](c2c(F)c(F)c(F)c(F)c2F)(c2c(F)c(F)c(F)c(F)c2F)c2c(F)c(F)c(F)c(F)c2F)c(F)c1F. The average molecular weight is 948 g/mol. The van der Waals surface area contributed by atoms with Gasteiger partial charge in [0.1, 0.15) is 64.2 Å². The standard InChI is InChI=1S/C24BF20.C17H17OS/c26-5-1(6(27)14(35)21(42)13(5)34)25(2-7(28)15(36)22(43)16(37)8(2)29,3-9(30)17(38)23(44)18(39)10(3)31)4-11(32)19(40)24(45)20(41)12(4)33;1-2-19(18,15-17-11-7-4-8-12-17)14-13-16-9-5-3-6-10-16/h;3-12H,2,15H2,1H3/q-1;+1. The van der Waals surface area contributed by atoms with Gasteiger partial charge in [-0.3, -0.25) is 0 Å². The van der Waals surface area contributed by atoms with Gasteiger partial charge in [-0.2, -0.15) is 0 Å². The maximum Gasteiger partial charge on any atom is 0.200 e. The van der Waals surface area contributed by atoms with Crippen molar-refractivity contribution < 1.29 is 92.0 Å². The first kappa shape index (κ1) is 48.7. The third-order valence-electron chi connectivity index (χ3n) is 9.57. The molecular formula is C41H17BF20OS. The monoisotopic (exact) mass is 948 g/mol. The normalized spacial score (nSPS) is 12.3. The van der Waals surface area contributed by atoms with Crippen molar-refractivity contribution in [2.75, 3.05) is 5.75 Å². The van der Waals surface area contributed by atoms with Crippen LogP contribution in [0.1, 0.15) is 18.1 Å². The third-order valence-corrected chi connectivity index (χ3v) is 11.8. The highest BCUT2D eigenvalue weighted by Gasteiger charge is 2.52. The first-order valence-corrected chi connectivity index (χ1v) is 19.2. The molecule has 0 amide bonds. The number of halogens is 20. The van der Waals surface area contributed by atoms with Gasteiger partial charge in [0.05, 0.1) is 0 Å². The summed E-state index contributed by atoms with van der Waals surface area (Å²) in [6.45, 7) is 1.94. The van der Waals surface area contributed by atoms with Crippen LogP contribution in [0.15, 0.2) is 60.7 Å². The van der Waals surface area contributed by atoms with Gasteiger partial charge in [-0.15, -0.1) is 21.9 Å². The molecule has 0 spiro atoms. The van der Waals surface area contributed by atoms with Crippen LogP contribution in [0.3, 0.4) is 0 Å². The van der Waals surface area contributed by atoms with Crippen molar-refractivity contribution in [1.29, 1.82) is 0 Å². The molecule has 6 aromatic carbocycles. The Bertz CT molecular complexity index is 2550. The predicted molar refractivity (Wildman–Crippen MR) is 191 cm³/mol. The summed E-state index contributed by atoms with van der Waals surface area (Å²) in [5, 5.41) is 2.99. The van der Waals surface area contributed by atoms with E-state index in [9.17, 15) is 56.9 Å². The zero-order chi connectivity index (χ0) is 47.9. The fourth-order valence-corrected chi connectivity index (χ4v) is 8.06. The Kier molecular flexibility index (Phi) is 14.0. The Labute approximate surface area is 347 Å². The molecule has 0 N–H and O–H groups in total. The van der Waals surface area contributed by atoms with E-state index >= 15 is 35.1 Å². The second-order valence-electron chi connectivity index (χ2n) is 13.1. The molecule has 0 saturated carbocycles. The zero-order valence-electron chi connectivity index (χ0n) is 31.1. The fourth-order valence-electron chi connectivity index (χ4n) is 6.60. The van der Waals surface area contributed by atoms with Gasteiger partial charge in [0.25, 0.3) is 0 Å². The molecule has 0 saturated heterocycles. The quantitative estimate of drug-likeness (QED) is 0.0390.